The van der Waals surface area contributed by atoms with E-state index in [0.29, 0.717) is 24.6 Å². The molecule has 0 bridgehead atoms. The fourth-order valence-electron chi connectivity index (χ4n) is 2.25. The van der Waals surface area contributed by atoms with Crippen molar-refractivity contribution in [1.82, 2.24) is 4.90 Å². The molecule has 1 rings (SSSR count). The molecule has 0 heterocycles. The minimum atomic E-state index is -0.380. The number of rotatable bonds is 9. The molecular weight excluding hydrogens is 310 g/mol. The molecule has 0 saturated heterocycles. The molecule has 0 saturated carbocycles. The summed E-state index contributed by atoms with van der Waals surface area (Å²) < 4.78 is 15.4. The largest absolute Gasteiger partial charge is 0.497 e. The van der Waals surface area contributed by atoms with Crippen molar-refractivity contribution in [2.24, 2.45) is 11.8 Å². The number of hydrogen-bond donors (Lipinski definition) is 0. The lowest BCUT2D eigenvalue weighted by Gasteiger charge is -2.26. The highest BCUT2D eigenvalue weighted by atomic mass is 16.5. The van der Waals surface area contributed by atoms with Gasteiger partial charge in [-0.05, 0) is 18.1 Å². The zero-order chi connectivity index (χ0) is 18.1. The van der Waals surface area contributed by atoms with Crippen molar-refractivity contribution in [3.63, 3.8) is 0 Å². The van der Waals surface area contributed by atoms with Crippen molar-refractivity contribution in [2.75, 3.05) is 33.9 Å². The van der Waals surface area contributed by atoms with E-state index in [1.165, 1.54) is 7.11 Å². The van der Waals surface area contributed by atoms with Crippen LogP contribution in [0.25, 0.3) is 0 Å². The summed E-state index contributed by atoms with van der Waals surface area (Å²) in [6, 6.07) is 7.08. The van der Waals surface area contributed by atoms with Crippen LogP contribution in [0.3, 0.4) is 0 Å². The lowest BCUT2D eigenvalue weighted by Crippen LogP contribution is -2.41. The number of esters is 1. The first kappa shape index (κ1) is 19.8. The molecular formula is C18H27NO5. The summed E-state index contributed by atoms with van der Waals surface area (Å²) in [5.41, 5.74) is 0. The molecule has 0 radical (unpaired) electrons. The quantitative estimate of drug-likeness (QED) is 0.647. The van der Waals surface area contributed by atoms with Crippen LogP contribution in [0.2, 0.25) is 0 Å². The molecule has 0 aliphatic rings. The molecule has 1 aromatic rings. The van der Waals surface area contributed by atoms with Crippen LogP contribution < -0.4 is 9.47 Å². The minimum Gasteiger partial charge on any atom is -0.497 e. The van der Waals surface area contributed by atoms with E-state index in [4.69, 9.17) is 14.2 Å². The van der Waals surface area contributed by atoms with Gasteiger partial charge in [0.1, 0.15) is 11.5 Å². The minimum absolute atomic E-state index is 0.0895. The lowest BCUT2D eigenvalue weighted by atomic mass is 10.1. The third-order valence-corrected chi connectivity index (χ3v) is 3.44. The average Bonchev–Trinajstić information content (AvgIpc) is 2.57. The highest BCUT2D eigenvalue weighted by Crippen LogP contribution is 2.19. The molecule has 1 amide bonds. The van der Waals surface area contributed by atoms with E-state index in [-0.39, 0.29) is 30.3 Å². The van der Waals surface area contributed by atoms with Crippen molar-refractivity contribution in [3.05, 3.63) is 24.3 Å². The van der Waals surface area contributed by atoms with Gasteiger partial charge < -0.3 is 19.1 Å². The summed E-state index contributed by atoms with van der Waals surface area (Å²) in [6.07, 6.45) is 0. The summed E-state index contributed by atoms with van der Waals surface area (Å²) in [6.45, 7) is 6.56. The monoisotopic (exact) mass is 337 g/mol. The van der Waals surface area contributed by atoms with E-state index in [9.17, 15) is 9.59 Å². The first-order valence-electron chi connectivity index (χ1n) is 7.99. The van der Waals surface area contributed by atoms with Crippen molar-refractivity contribution in [3.8, 4) is 11.5 Å². The predicted molar refractivity (Wildman–Crippen MR) is 91.1 cm³/mol. The maximum absolute atomic E-state index is 12.5. The molecule has 0 aliphatic heterocycles. The second kappa shape index (κ2) is 9.80. The number of nitrogens with zero attached hydrogens (tertiary/aromatic N) is 1. The number of amides is 1. The Balaban J connectivity index is 2.67. The summed E-state index contributed by atoms with van der Waals surface area (Å²) in [5, 5.41) is 0. The van der Waals surface area contributed by atoms with Gasteiger partial charge in [0, 0.05) is 19.2 Å². The van der Waals surface area contributed by atoms with E-state index >= 15 is 0 Å². The molecule has 0 aliphatic carbocycles. The maximum Gasteiger partial charge on any atom is 0.310 e. The van der Waals surface area contributed by atoms with Crippen LogP contribution in [-0.2, 0) is 14.3 Å². The SMILES string of the molecule is COC(=O)C(C)CN(CC(C)C)C(=O)COc1cccc(OC)c1. The number of ether oxygens (including phenoxy) is 3. The summed E-state index contributed by atoms with van der Waals surface area (Å²) in [4.78, 5) is 25.7. The third-order valence-electron chi connectivity index (χ3n) is 3.44. The zero-order valence-electron chi connectivity index (χ0n) is 15.1. The Morgan fingerprint density at radius 1 is 1.08 bits per heavy atom. The molecule has 1 aromatic carbocycles. The Bertz CT molecular complexity index is 544. The number of benzene rings is 1. The Morgan fingerprint density at radius 2 is 1.75 bits per heavy atom. The first-order valence-corrected chi connectivity index (χ1v) is 7.99. The van der Waals surface area contributed by atoms with Gasteiger partial charge in [-0.2, -0.15) is 0 Å². The van der Waals surface area contributed by atoms with E-state index in [1.54, 1.807) is 43.2 Å². The molecule has 24 heavy (non-hydrogen) atoms. The van der Waals surface area contributed by atoms with Crippen LogP contribution >= 0.6 is 0 Å². The highest BCUT2D eigenvalue weighted by molar-refractivity contribution is 5.79. The van der Waals surface area contributed by atoms with Gasteiger partial charge >= 0.3 is 5.97 Å². The topological polar surface area (TPSA) is 65.1 Å². The van der Waals surface area contributed by atoms with Gasteiger partial charge in [-0.15, -0.1) is 0 Å². The Hall–Kier alpha value is -2.24. The number of carbonyl (C=O) groups is 2. The third kappa shape index (κ3) is 6.48. The molecule has 134 valence electrons. The van der Waals surface area contributed by atoms with Crippen LogP contribution in [0.4, 0.5) is 0 Å². The molecule has 6 heteroatoms. The number of hydrogen-bond acceptors (Lipinski definition) is 5. The van der Waals surface area contributed by atoms with Crippen molar-refractivity contribution in [1.29, 1.82) is 0 Å². The molecule has 0 spiro atoms. The molecule has 1 unspecified atom stereocenters. The summed E-state index contributed by atoms with van der Waals surface area (Å²) >= 11 is 0. The molecule has 6 nitrogen and oxygen atoms in total. The van der Waals surface area contributed by atoms with Crippen LogP contribution in [0.1, 0.15) is 20.8 Å². The summed E-state index contributed by atoms with van der Waals surface area (Å²) in [7, 11) is 2.92. The van der Waals surface area contributed by atoms with E-state index in [0.717, 1.165) is 0 Å². The van der Waals surface area contributed by atoms with Gasteiger partial charge in [-0.3, -0.25) is 9.59 Å². The lowest BCUT2D eigenvalue weighted by molar-refractivity contribution is -0.146. The fraction of sp³-hybridized carbons (Fsp3) is 0.556. The maximum atomic E-state index is 12.5. The van der Waals surface area contributed by atoms with Gasteiger partial charge in [0.05, 0.1) is 20.1 Å². The van der Waals surface area contributed by atoms with Gasteiger partial charge in [0.15, 0.2) is 6.61 Å². The Kier molecular flexibility index (Phi) is 8.09. The van der Waals surface area contributed by atoms with E-state index in [1.807, 2.05) is 13.8 Å². The molecule has 0 aromatic heterocycles. The van der Waals surface area contributed by atoms with E-state index < -0.39 is 0 Å². The van der Waals surface area contributed by atoms with E-state index in [2.05, 4.69) is 0 Å². The van der Waals surface area contributed by atoms with Gasteiger partial charge in [-0.1, -0.05) is 26.8 Å². The number of methoxy groups -OCH3 is 2. The molecule has 0 N–H and O–H groups in total. The van der Waals surface area contributed by atoms with Gasteiger partial charge in [0.25, 0.3) is 5.91 Å². The fourth-order valence-corrected chi connectivity index (χ4v) is 2.25. The zero-order valence-corrected chi connectivity index (χ0v) is 15.1. The van der Waals surface area contributed by atoms with Gasteiger partial charge in [0.2, 0.25) is 0 Å². The Morgan fingerprint density at radius 3 is 2.33 bits per heavy atom. The second-order valence-electron chi connectivity index (χ2n) is 6.08. The molecule has 0 fully saturated rings. The second-order valence-corrected chi connectivity index (χ2v) is 6.08. The normalized spacial score (nSPS) is 11.8. The predicted octanol–water partition coefficient (Wildman–Crippen LogP) is 2.37. The Labute approximate surface area is 143 Å². The molecule has 1 atom stereocenters. The average molecular weight is 337 g/mol. The summed E-state index contributed by atoms with van der Waals surface area (Å²) in [5.74, 6) is 0.643. The highest BCUT2D eigenvalue weighted by Gasteiger charge is 2.22. The van der Waals surface area contributed by atoms with Crippen molar-refractivity contribution in [2.45, 2.75) is 20.8 Å². The van der Waals surface area contributed by atoms with Crippen LogP contribution in [0, 0.1) is 11.8 Å². The van der Waals surface area contributed by atoms with Crippen LogP contribution in [0.15, 0.2) is 24.3 Å². The first-order chi connectivity index (χ1) is 11.4. The number of carbonyl (C=O) groups excluding carboxylic acids is 2. The smallest absolute Gasteiger partial charge is 0.310 e. The standard InChI is InChI=1S/C18H27NO5/c1-13(2)10-19(11-14(3)18(21)23-5)17(20)12-24-16-8-6-7-15(9-16)22-4/h6-9,13-14H,10-12H2,1-5H3. The van der Waals surface area contributed by atoms with Crippen LogP contribution in [-0.4, -0.2) is 50.7 Å². The van der Waals surface area contributed by atoms with Gasteiger partial charge in [-0.25, -0.2) is 0 Å². The van der Waals surface area contributed by atoms with Crippen molar-refractivity contribution < 1.29 is 23.8 Å². The van der Waals surface area contributed by atoms with Crippen LogP contribution in [0.5, 0.6) is 11.5 Å². The van der Waals surface area contributed by atoms with Crippen molar-refractivity contribution >= 4 is 11.9 Å².